The lowest BCUT2D eigenvalue weighted by Crippen LogP contribution is -2.35. The molecule has 0 unspecified atom stereocenters. The van der Waals surface area contributed by atoms with E-state index >= 15 is 0 Å². The van der Waals surface area contributed by atoms with Crippen molar-refractivity contribution >= 4 is 19.7 Å². The number of alkyl halides is 1. The van der Waals surface area contributed by atoms with Crippen LogP contribution in [0.4, 0.5) is 0 Å². The van der Waals surface area contributed by atoms with Gasteiger partial charge in [-0.05, 0) is 12.0 Å². The summed E-state index contributed by atoms with van der Waals surface area (Å²) in [6.07, 6.45) is 1.82. The van der Waals surface area contributed by atoms with E-state index in [1.807, 2.05) is 18.2 Å². The van der Waals surface area contributed by atoms with E-state index in [4.69, 9.17) is 17.3 Å². The van der Waals surface area contributed by atoms with Crippen molar-refractivity contribution in [3.63, 3.8) is 0 Å². The molecule has 2 N–H and O–H groups in total. The topological polar surface area (TPSA) is 26.0 Å². The van der Waals surface area contributed by atoms with E-state index in [0.29, 0.717) is 5.88 Å². The Kier molecular flexibility index (Phi) is 6.64. The first kappa shape index (κ1) is 16.3. The Balaban J connectivity index is 2.88. The van der Waals surface area contributed by atoms with Gasteiger partial charge in [-0.15, -0.1) is 23.4 Å². The Morgan fingerprint density at radius 1 is 1.21 bits per heavy atom. The minimum Gasteiger partial charge on any atom is -0.323 e. The first-order chi connectivity index (χ1) is 8.96. The van der Waals surface area contributed by atoms with Crippen LogP contribution in [0.1, 0.15) is 24.4 Å². The Hall–Kier alpha value is -0.753. The van der Waals surface area contributed by atoms with E-state index in [9.17, 15) is 0 Å². The predicted molar refractivity (Wildman–Crippen MR) is 88.2 cm³/mol. The van der Waals surface area contributed by atoms with Crippen LogP contribution in [0.2, 0.25) is 25.2 Å². The fourth-order valence-electron chi connectivity index (χ4n) is 2.05. The average molecular weight is 294 g/mol. The molecule has 0 bridgehead atoms. The monoisotopic (exact) mass is 293 g/mol. The second-order valence-electron chi connectivity index (χ2n) is 5.89. The van der Waals surface area contributed by atoms with Gasteiger partial charge in [-0.2, -0.15) is 0 Å². The van der Waals surface area contributed by atoms with Crippen LogP contribution >= 0.6 is 11.6 Å². The number of unbranched alkanes of at least 4 members (excludes halogenated alkanes) is 1. The van der Waals surface area contributed by atoms with Gasteiger partial charge >= 0.3 is 0 Å². The van der Waals surface area contributed by atoms with Gasteiger partial charge in [0.05, 0.1) is 8.07 Å². The van der Waals surface area contributed by atoms with Crippen LogP contribution in [-0.4, -0.2) is 14.0 Å². The molecular formula is C16H24ClNSi. The van der Waals surface area contributed by atoms with Crippen molar-refractivity contribution in [2.24, 2.45) is 5.73 Å². The highest BCUT2D eigenvalue weighted by Gasteiger charge is 2.31. The minimum absolute atomic E-state index is 0.0105. The summed E-state index contributed by atoms with van der Waals surface area (Å²) >= 11 is 5.68. The highest BCUT2D eigenvalue weighted by Crippen LogP contribution is 2.32. The standard InChI is InChI=1S/C16H24ClNSi/c1-19(2,3)15(12-8-5-9-13-17)16(18)14-10-6-4-7-11-14/h4,6-7,10-11,15-16H,5,9,13,18H2,1-3H3/t15-,16-/m1/s1. The molecule has 0 spiro atoms. The Labute approximate surface area is 123 Å². The second-order valence-corrected chi connectivity index (χ2v) is 11.6. The third-order valence-corrected chi connectivity index (χ3v) is 5.81. The molecule has 19 heavy (non-hydrogen) atoms. The molecule has 0 saturated carbocycles. The van der Waals surface area contributed by atoms with Gasteiger partial charge in [-0.25, -0.2) is 0 Å². The molecule has 0 heterocycles. The third kappa shape index (κ3) is 5.40. The molecule has 0 saturated heterocycles. The van der Waals surface area contributed by atoms with Gasteiger partial charge in [0.25, 0.3) is 0 Å². The summed E-state index contributed by atoms with van der Waals surface area (Å²) in [4.78, 5) is 0. The summed E-state index contributed by atoms with van der Waals surface area (Å²) in [6.45, 7) is 6.99. The lowest BCUT2D eigenvalue weighted by atomic mass is 10.0. The van der Waals surface area contributed by atoms with Crippen LogP contribution < -0.4 is 5.73 Å². The third-order valence-electron chi connectivity index (χ3n) is 3.17. The molecule has 3 heteroatoms. The van der Waals surface area contributed by atoms with Crippen LogP contribution in [-0.2, 0) is 0 Å². The number of hydrogen-bond acceptors (Lipinski definition) is 1. The zero-order valence-corrected chi connectivity index (χ0v) is 13.9. The molecule has 1 nitrogen and oxygen atoms in total. The van der Waals surface area contributed by atoms with Crippen LogP contribution in [0, 0.1) is 11.8 Å². The molecule has 2 atom stereocenters. The largest absolute Gasteiger partial charge is 0.323 e. The highest BCUT2D eigenvalue weighted by molar-refractivity contribution is 6.78. The van der Waals surface area contributed by atoms with Gasteiger partial charge in [0.1, 0.15) is 0 Å². The van der Waals surface area contributed by atoms with E-state index in [2.05, 4.69) is 43.6 Å². The van der Waals surface area contributed by atoms with Crippen molar-refractivity contribution < 1.29 is 0 Å². The maximum absolute atomic E-state index is 6.45. The molecule has 1 aromatic rings. The van der Waals surface area contributed by atoms with Crippen molar-refractivity contribution in [2.75, 3.05) is 5.88 Å². The van der Waals surface area contributed by atoms with E-state index < -0.39 is 8.07 Å². The summed E-state index contributed by atoms with van der Waals surface area (Å²) < 4.78 is 0. The summed E-state index contributed by atoms with van der Waals surface area (Å²) in [5.41, 5.74) is 7.91. The zero-order valence-electron chi connectivity index (χ0n) is 12.1. The molecule has 0 amide bonds. The van der Waals surface area contributed by atoms with E-state index in [1.165, 1.54) is 5.56 Å². The van der Waals surface area contributed by atoms with Crippen LogP contribution in [0.3, 0.4) is 0 Å². The minimum atomic E-state index is -1.42. The second kappa shape index (κ2) is 7.74. The van der Waals surface area contributed by atoms with E-state index in [-0.39, 0.29) is 11.6 Å². The fraction of sp³-hybridized carbons (Fsp3) is 0.500. The molecule has 0 fully saturated rings. The van der Waals surface area contributed by atoms with Gasteiger partial charge in [0, 0.05) is 23.9 Å². The van der Waals surface area contributed by atoms with Crippen molar-refractivity contribution in [1.29, 1.82) is 0 Å². The van der Waals surface area contributed by atoms with E-state index in [1.54, 1.807) is 0 Å². The molecule has 0 aromatic heterocycles. The molecule has 1 rings (SSSR count). The summed E-state index contributed by atoms with van der Waals surface area (Å²) in [6, 6.07) is 10.3. The van der Waals surface area contributed by atoms with Gasteiger partial charge in [-0.1, -0.05) is 50.0 Å². The maximum Gasteiger partial charge on any atom is 0.0637 e. The van der Waals surface area contributed by atoms with Gasteiger partial charge in [0.15, 0.2) is 0 Å². The van der Waals surface area contributed by atoms with Crippen molar-refractivity contribution in [1.82, 2.24) is 0 Å². The Morgan fingerprint density at radius 2 is 1.84 bits per heavy atom. The normalized spacial score (nSPS) is 14.4. The molecule has 0 aliphatic rings. The molecule has 0 radical (unpaired) electrons. The predicted octanol–water partition coefficient (Wildman–Crippen LogP) is 4.42. The summed E-state index contributed by atoms with van der Waals surface area (Å²) in [5.74, 6) is 7.36. The molecular weight excluding hydrogens is 270 g/mol. The number of rotatable bonds is 5. The Morgan fingerprint density at radius 3 is 2.37 bits per heavy atom. The van der Waals surface area contributed by atoms with Crippen molar-refractivity contribution in [3.8, 4) is 11.8 Å². The first-order valence-electron chi connectivity index (χ1n) is 6.81. The van der Waals surface area contributed by atoms with Crippen molar-refractivity contribution in [2.45, 2.75) is 44.1 Å². The lowest BCUT2D eigenvalue weighted by molar-refractivity contribution is 0.731. The van der Waals surface area contributed by atoms with Gasteiger partial charge in [0.2, 0.25) is 0 Å². The number of hydrogen-bond donors (Lipinski definition) is 1. The SMILES string of the molecule is C[Si](C)(C)[C@H](C#CCCCCl)[C@H](N)c1ccccc1. The average Bonchev–Trinajstić information content (AvgIpc) is 2.37. The quantitative estimate of drug-likeness (QED) is 0.370. The van der Waals surface area contributed by atoms with Crippen LogP contribution in [0.25, 0.3) is 0 Å². The summed E-state index contributed by atoms with van der Waals surface area (Å²) in [7, 11) is -1.42. The number of halogens is 1. The smallest absolute Gasteiger partial charge is 0.0637 e. The molecule has 104 valence electrons. The van der Waals surface area contributed by atoms with Crippen molar-refractivity contribution in [3.05, 3.63) is 35.9 Å². The molecule has 0 aliphatic heterocycles. The van der Waals surface area contributed by atoms with E-state index in [0.717, 1.165) is 12.8 Å². The number of benzene rings is 1. The highest BCUT2D eigenvalue weighted by atomic mass is 35.5. The Bertz CT molecular complexity index is 428. The van der Waals surface area contributed by atoms with Gasteiger partial charge < -0.3 is 5.73 Å². The zero-order chi connectivity index (χ0) is 14.3. The lowest BCUT2D eigenvalue weighted by Gasteiger charge is -2.30. The first-order valence-corrected chi connectivity index (χ1v) is 10.9. The van der Waals surface area contributed by atoms with Crippen LogP contribution in [0.5, 0.6) is 0 Å². The number of nitrogens with two attached hydrogens (primary N) is 1. The van der Waals surface area contributed by atoms with Crippen LogP contribution in [0.15, 0.2) is 30.3 Å². The molecule has 1 aromatic carbocycles. The molecule has 0 aliphatic carbocycles. The fourth-order valence-corrected chi connectivity index (χ4v) is 3.99. The maximum atomic E-state index is 6.45. The van der Waals surface area contributed by atoms with Gasteiger partial charge in [-0.3, -0.25) is 0 Å². The summed E-state index contributed by atoms with van der Waals surface area (Å²) in [5, 5.41) is 0.